The fourth-order valence-corrected chi connectivity index (χ4v) is 2.50. The fraction of sp³-hybridized carbons (Fsp3) is 0.643. The Balaban J connectivity index is 2.16. The first-order valence-corrected chi connectivity index (χ1v) is 6.64. The van der Waals surface area contributed by atoms with E-state index < -0.39 is 0 Å². The topological polar surface area (TPSA) is 51.4 Å². The normalized spacial score (nSPS) is 18.9. The summed E-state index contributed by atoms with van der Waals surface area (Å²) >= 11 is 0. The van der Waals surface area contributed by atoms with Crippen molar-refractivity contribution in [3.63, 3.8) is 0 Å². The zero-order chi connectivity index (χ0) is 13.0. The van der Waals surface area contributed by atoms with Gasteiger partial charge in [0, 0.05) is 38.1 Å². The fourth-order valence-electron chi connectivity index (χ4n) is 2.50. The van der Waals surface area contributed by atoms with E-state index in [0.29, 0.717) is 6.04 Å². The Morgan fingerprint density at radius 1 is 1.56 bits per heavy atom. The van der Waals surface area contributed by atoms with Crippen molar-refractivity contribution < 1.29 is 4.74 Å². The molecular weight excluding hydrogens is 226 g/mol. The molecule has 2 rings (SSSR count). The van der Waals surface area contributed by atoms with Gasteiger partial charge in [0.05, 0.1) is 12.6 Å². The summed E-state index contributed by atoms with van der Waals surface area (Å²) in [5.41, 5.74) is 7.40. The molecule has 2 atom stereocenters. The van der Waals surface area contributed by atoms with E-state index in [-0.39, 0.29) is 12.1 Å². The Bertz CT molecular complexity index is 351. The Kier molecular flexibility index (Phi) is 4.69. The van der Waals surface area contributed by atoms with E-state index in [4.69, 9.17) is 10.5 Å². The summed E-state index contributed by atoms with van der Waals surface area (Å²) in [4.78, 5) is 6.69. The van der Waals surface area contributed by atoms with Crippen molar-refractivity contribution in [2.24, 2.45) is 5.73 Å². The van der Waals surface area contributed by atoms with Crippen LogP contribution in [0.2, 0.25) is 0 Å². The molecule has 1 aromatic heterocycles. The molecule has 1 saturated carbocycles. The van der Waals surface area contributed by atoms with Crippen molar-refractivity contribution in [1.29, 1.82) is 0 Å². The lowest BCUT2D eigenvalue weighted by Gasteiger charge is -2.34. The SMILES string of the molecule is COCCN(C1CC1)C(c1cccnc1)C(C)N. The van der Waals surface area contributed by atoms with E-state index in [1.807, 2.05) is 12.3 Å². The number of ether oxygens (including phenoxy) is 1. The molecule has 1 aromatic rings. The highest BCUT2D eigenvalue weighted by Gasteiger charge is 2.35. The summed E-state index contributed by atoms with van der Waals surface area (Å²) in [5.74, 6) is 0. The standard InChI is InChI=1S/C14H23N3O/c1-11(15)14(12-4-3-7-16-10-12)17(8-9-18-2)13-5-6-13/h3-4,7,10-11,13-14H,5-6,8-9,15H2,1-2H3. The maximum Gasteiger partial charge on any atom is 0.0590 e. The number of hydrogen-bond acceptors (Lipinski definition) is 4. The van der Waals surface area contributed by atoms with Gasteiger partial charge in [-0.3, -0.25) is 9.88 Å². The molecule has 4 heteroatoms. The number of methoxy groups -OCH3 is 1. The van der Waals surface area contributed by atoms with Gasteiger partial charge in [-0.1, -0.05) is 6.07 Å². The zero-order valence-corrected chi connectivity index (χ0v) is 11.2. The van der Waals surface area contributed by atoms with E-state index in [9.17, 15) is 0 Å². The molecule has 1 heterocycles. The number of nitrogens with zero attached hydrogens (tertiary/aromatic N) is 2. The van der Waals surface area contributed by atoms with Crippen molar-refractivity contribution in [2.45, 2.75) is 37.9 Å². The molecule has 0 aliphatic heterocycles. The summed E-state index contributed by atoms with van der Waals surface area (Å²) < 4.78 is 5.22. The highest BCUT2D eigenvalue weighted by atomic mass is 16.5. The Hall–Kier alpha value is -0.970. The molecule has 2 unspecified atom stereocenters. The first kappa shape index (κ1) is 13.5. The lowest BCUT2D eigenvalue weighted by molar-refractivity contribution is 0.104. The van der Waals surface area contributed by atoms with Gasteiger partial charge < -0.3 is 10.5 Å². The summed E-state index contributed by atoms with van der Waals surface area (Å²) in [7, 11) is 1.75. The molecule has 4 nitrogen and oxygen atoms in total. The third kappa shape index (κ3) is 3.28. The number of nitrogens with two attached hydrogens (primary N) is 1. The van der Waals surface area contributed by atoms with Crippen LogP contribution in [-0.4, -0.2) is 42.2 Å². The zero-order valence-electron chi connectivity index (χ0n) is 11.2. The van der Waals surface area contributed by atoms with Crippen molar-refractivity contribution in [3.8, 4) is 0 Å². The van der Waals surface area contributed by atoms with Gasteiger partial charge in [0.1, 0.15) is 0 Å². The van der Waals surface area contributed by atoms with Gasteiger partial charge in [-0.15, -0.1) is 0 Å². The maximum atomic E-state index is 6.20. The molecule has 0 radical (unpaired) electrons. The molecule has 1 aliphatic carbocycles. The molecule has 0 bridgehead atoms. The Morgan fingerprint density at radius 2 is 2.33 bits per heavy atom. The molecule has 0 saturated heterocycles. The van der Waals surface area contributed by atoms with Crippen LogP contribution in [0.4, 0.5) is 0 Å². The van der Waals surface area contributed by atoms with E-state index in [1.54, 1.807) is 13.3 Å². The molecule has 1 fully saturated rings. The number of rotatable bonds is 7. The van der Waals surface area contributed by atoms with Crippen molar-refractivity contribution in [2.75, 3.05) is 20.3 Å². The summed E-state index contributed by atoms with van der Waals surface area (Å²) in [6.45, 7) is 3.75. The molecule has 1 aliphatic rings. The molecule has 18 heavy (non-hydrogen) atoms. The van der Waals surface area contributed by atoms with Gasteiger partial charge in [0.2, 0.25) is 0 Å². The highest BCUT2D eigenvalue weighted by Crippen LogP contribution is 2.35. The van der Waals surface area contributed by atoms with Crippen molar-refractivity contribution in [1.82, 2.24) is 9.88 Å². The van der Waals surface area contributed by atoms with Gasteiger partial charge in [-0.25, -0.2) is 0 Å². The van der Waals surface area contributed by atoms with Gasteiger partial charge >= 0.3 is 0 Å². The summed E-state index contributed by atoms with van der Waals surface area (Å²) in [5, 5.41) is 0. The van der Waals surface area contributed by atoms with Crippen LogP contribution < -0.4 is 5.73 Å². The third-order valence-electron chi connectivity index (χ3n) is 3.45. The Labute approximate surface area is 109 Å². The minimum Gasteiger partial charge on any atom is -0.383 e. The second kappa shape index (κ2) is 6.27. The first-order valence-electron chi connectivity index (χ1n) is 6.64. The molecule has 0 aromatic carbocycles. The molecule has 2 N–H and O–H groups in total. The predicted octanol–water partition coefficient (Wildman–Crippen LogP) is 1.58. The molecule has 0 spiro atoms. The van der Waals surface area contributed by atoms with E-state index in [2.05, 4.69) is 22.9 Å². The smallest absolute Gasteiger partial charge is 0.0590 e. The Morgan fingerprint density at radius 3 is 2.83 bits per heavy atom. The van der Waals surface area contributed by atoms with E-state index in [0.717, 1.165) is 13.2 Å². The molecular formula is C14H23N3O. The van der Waals surface area contributed by atoms with Crippen LogP contribution in [0, 0.1) is 0 Å². The van der Waals surface area contributed by atoms with Gasteiger partial charge in [0.15, 0.2) is 0 Å². The average Bonchev–Trinajstić information content (AvgIpc) is 3.19. The second-order valence-corrected chi connectivity index (χ2v) is 5.05. The summed E-state index contributed by atoms with van der Waals surface area (Å²) in [6.07, 6.45) is 6.27. The minimum absolute atomic E-state index is 0.0895. The quantitative estimate of drug-likeness (QED) is 0.797. The van der Waals surface area contributed by atoms with Crippen LogP contribution in [0.15, 0.2) is 24.5 Å². The van der Waals surface area contributed by atoms with Gasteiger partial charge in [-0.2, -0.15) is 0 Å². The molecule has 100 valence electrons. The lowest BCUT2D eigenvalue weighted by atomic mass is 10.0. The number of aromatic nitrogens is 1. The molecule has 0 amide bonds. The van der Waals surface area contributed by atoms with E-state index in [1.165, 1.54) is 18.4 Å². The number of pyridine rings is 1. The van der Waals surface area contributed by atoms with Crippen molar-refractivity contribution in [3.05, 3.63) is 30.1 Å². The van der Waals surface area contributed by atoms with Crippen LogP contribution in [0.25, 0.3) is 0 Å². The van der Waals surface area contributed by atoms with Crippen LogP contribution in [0.5, 0.6) is 0 Å². The van der Waals surface area contributed by atoms with Gasteiger partial charge in [0.25, 0.3) is 0 Å². The maximum absolute atomic E-state index is 6.20. The second-order valence-electron chi connectivity index (χ2n) is 5.05. The average molecular weight is 249 g/mol. The van der Waals surface area contributed by atoms with Crippen LogP contribution in [0.1, 0.15) is 31.4 Å². The predicted molar refractivity (Wildman–Crippen MR) is 72.2 cm³/mol. The first-order chi connectivity index (χ1) is 8.74. The summed E-state index contributed by atoms with van der Waals surface area (Å²) in [6, 6.07) is 5.08. The van der Waals surface area contributed by atoms with Gasteiger partial charge in [-0.05, 0) is 31.4 Å². The lowest BCUT2D eigenvalue weighted by Crippen LogP contribution is -2.42. The van der Waals surface area contributed by atoms with Crippen LogP contribution in [-0.2, 0) is 4.74 Å². The largest absolute Gasteiger partial charge is 0.383 e. The van der Waals surface area contributed by atoms with Crippen molar-refractivity contribution >= 4 is 0 Å². The third-order valence-corrected chi connectivity index (χ3v) is 3.45. The highest BCUT2D eigenvalue weighted by molar-refractivity contribution is 5.17. The minimum atomic E-state index is 0.0895. The van der Waals surface area contributed by atoms with Crippen LogP contribution >= 0.6 is 0 Å². The monoisotopic (exact) mass is 249 g/mol. The van der Waals surface area contributed by atoms with Crippen LogP contribution in [0.3, 0.4) is 0 Å². The van der Waals surface area contributed by atoms with E-state index >= 15 is 0 Å². The number of hydrogen-bond donors (Lipinski definition) is 1.